The van der Waals surface area contributed by atoms with Crippen LogP contribution >= 0.6 is 23.1 Å². The molecule has 0 aromatic carbocycles. The number of carboxylic acid groups (broad SMARTS) is 1. The van der Waals surface area contributed by atoms with Gasteiger partial charge in [0.05, 0.1) is 23.7 Å². The molecule has 3 N–H and O–H groups in total. The number of pyridine rings is 1. The van der Waals surface area contributed by atoms with Gasteiger partial charge in [-0.05, 0) is 11.4 Å². The lowest BCUT2D eigenvalue weighted by molar-refractivity contribution is -0.689. The Hall–Kier alpha value is -3.18. The smallest absolute Gasteiger partial charge is 0.253 e. The summed E-state index contributed by atoms with van der Waals surface area (Å²) in [6.45, 7) is 0.210. The standard InChI is InChI=1S/C20H18N4O5S2/c21-17(26)11-3-5-23(6-4-11)9-12-10-31-19-15(18(27)24(19)16(12)20(28)29)22-14(25)8-13-2-1-7-30-13/h1-7,15,19H,8-10H2,(H3-,21,22,25,26,28,29)/t15-,19?/m1/s1. The number of nitrogens with one attached hydrogen (secondary N) is 1. The van der Waals surface area contributed by atoms with E-state index >= 15 is 0 Å². The first-order valence-corrected chi connectivity index (χ1v) is 11.3. The summed E-state index contributed by atoms with van der Waals surface area (Å²) in [4.78, 5) is 50.1. The van der Waals surface area contributed by atoms with E-state index in [1.54, 1.807) is 17.0 Å². The number of hydrogen-bond donors (Lipinski definition) is 2. The summed E-state index contributed by atoms with van der Waals surface area (Å²) in [5, 5.41) is 15.9. The second-order valence-corrected chi connectivity index (χ2v) is 9.21. The van der Waals surface area contributed by atoms with Crippen LogP contribution in [0.2, 0.25) is 0 Å². The summed E-state index contributed by atoms with van der Waals surface area (Å²) in [7, 11) is 0. The zero-order chi connectivity index (χ0) is 22.1. The molecule has 1 saturated heterocycles. The lowest BCUT2D eigenvalue weighted by Gasteiger charge is -2.50. The lowest BCUT2D eigenvalue weighted by atomic mass is 10.0. The number of carbonyl (C=O) groups is 4. The quantitative estimate of drug-likeness (QED) is 0.394. The summed E-state index contributed by atoms with van der Waals surface area (Å²) >= 11 is 2.84. The van der Waals surface area contributed by atoms with E-state index < -0.39 is 29.2 Å². The molecule has 3 amide bonds. The Kier molecular flexibility index (Phi) is 5.79. The Balaban J connectivity index is 1.48. The second kappa shape index (κ2) is 8.52. The Labute approximate surface area is 185 Å². The normalized spacial score (nSPS) is 20.1. The van der Waals surface area contributed by atoms with E-state index in [1.165, 1.54) is 40.1 Å². The molecule has 1 fully saturated rings. The third kappa shape index (κ3) is 4.19. The van der Waals surface area contributed by atoms with E-state index in [0.29, 0.717) is 16.9 Å². The Morgan fingerprint density at radius 3 is 2.61 bits per heavy atom. The maximum Gasteiger partial charge on any atom is 0.253 e. The first-order valence-electron chi connectivity index (χ1n) is 9.34. The van der Waals surface area contributed by atoms with Crippen LogP contribution < -0.4 is 20.7 Å². The molecule has 0 saturated carbocycles. The molecule has 2 atom stereocenters. The van der Waals surface area contributed by atoms with Gasteiger partial charge >= 0.3 is 0 Å². The van der Waals surface area contributed by atoms with Gasteiger partial charge in [0.25, 0.3) is 5.91 Å². The number of thioether (sulfide) groups is 1. The average molecular weight is 459 g/mol. The highest BCUT2D eigenvalue weighted by Gasteiger charge is 2.53. The molecule has 31 heavy (non-hydrogen) atoms. The van der Waals surface area contributed by atoms with Crippen LogP contribution in [0.3, 0.4) is 0 Å². The van der Waals surface area contributed by atoms with Crippen molar-refractivity contribution in [2.75, 3.05) is 5.75 Å². The van der Waals surface area contributed by atoms with Gasteiger partial charge in [0.15, 0.2) is 18.9 Å². The Morgan fingerprint density at radius 2 is 2.00 bits per heavy atom. The van der Waals surface area contributed by atoms with Crippen molar-refractivity contribution in [3.63, 3.8) is 0 Å². The zero-order valence-electron chi connectivity index (χ0n) is 16.1. The van der Waals surface area contributed by atoms with Crippen molar-refractivity contribution in [3.8, 4) is 0 Å². The van der Waals surface area contributed by atoms with E-state index in [-0.39, 0.29) is 24.6 Å². The number of aliphatic carboxylic acids is 1. The highest BCUT2D eigenvalue weighted by atomic mass is 32.2. The van der Waals surface area contributed by atoms with E-state index in [2.05, 4.69) is 5.32 Å². The molecule has 2 aromatic rings. The van der Waals surface area contributed by atoms with E-state index in [4.69, 9.17) is 5.73 Å². The summed E-state index contributed by atoms with van der Waals surface area (Å²) in [6.07, 6.45) is 3.40. The molecule has 1 unspecified atom stereocenters. The van der Waals surface area contributed by atoms with Crippen LogP contribution in [-0.4, -0.2) is 45.8 Å². The predicted octanol–water partition coefficient (Wildman–Crippen LogP) is -1.22. The van der Waals surface area contributed by atoms with Gasteiger partial charge < -0.3 is 21.0 Å². The maximum atomic E-state index is 12.7. The van der Waals surface area contributed by atoms with Gasteiger partial charge in [-0.2, -0.15) is 0 Å². The molecule has 0 bridgehead atoms. The Morgan fingerprint density at radius 1 is 1.26 bits per heavy atom. The number of amides is 3. The highest BCUT2D eigenvalue weighted by Crippen LogP contribution is 2.40. The number of carboxylic acids is 1. The molecule has 0 aliphatic carbocycles. The van der Waals surface area contributed by atoms with Crippen LogP contribution in [0, 0.1) is 0 Å². The van der Waals surface area contributed by atoms with Crippen LogP contribution in [0.1, 0.15) is 15.2 Å². The van der Waals surface area contributed by atoms with Gasteiger partial charge in [-0.25, -0.2) is 4.57 Å². The first-order chi connectivity index (χ1) is 14.8. The van der Waals surface area contributed by atoms with Crippen molar-refractivity contribution in [1.82, 2.24) is 10.2 Å². The molecule has 160 valence electrons. The summed E-state index contributed by atoms with van der Waals surface area (Å²) in [5.41, 5.74) is 5.91. The van der Waals surface area contributed by atoms with E-state index in [1.807, 2.05) is 17.5 Å². The van der Waals surface area contributed by atoms with Gasteiger partial charge in [-0.15, -0.1) is 23.1 Å². The van der Waals surface area contributed by atoms with Crippen LogP contribution in [0.15, 0.2) is 53.3 Å². The third-order valence-electron chi connectivity index (χ3n) is 5.02. The number of rotatable bonds is 7. The van der Waals surface area contributed by atoms with Crippen molar-refractivity contribution >= 4 is 46.8 Å². The molecule has 4 rings (SSSR count). The van der Waals surface area contributed by atoms with E-state index in [0.717, 1.165) is 4.88 Å². The molecular weight excluding hydrogens is 440 g/mol. The monoisotopic (exact) mass is 458 g/mol. The number of aromatic nitrogens is 1. The number of primary amides is 1. The number of hydrogen-bond acceptors (Lipinski definition) is 7. The summed E-state index contributed by atoms with van der Waals surface area (Å²) in [6, 6.07) is 5.99. The molecule has 2 aliphatic heterocycles. The van der Waals surface area contributed by atoms with Crippen molar-refractivity contribution in [3.05, 3.63) is 63.7 Å². The zero-order valence-corrected chi connectivity index (χ0v) is 17.8. The number of carbonyl (C=O) groups excluding carboxylic acids is 4. The van der Waals surface area contributed by atoms with Gasteiger partial charge in [-0.1, -0.05) is 6.07 Å². The number of β-lactam (4-membered cyclic amide) rings is 1. The Bertz CT molecular complexity index is 1080. The minimum Gasteiger partial charge on any atom is -0.543 e. The molecule has 4 heterocycles. The van der Waals surface area contributed by atoms with Crippen LogP contribution in [0.4, 0.5) is 0 Å². The second-order valence-electron chi connectivity index (χ2n) is 7.07. The van der Waals surface area contributed by atoms with Gasteiger partial charge in [0.2, 0.25) is 11.8 Å². The number of thiophene rings is 1. The fourth-order valence-corrected chi connectivity index (χ4v) is 5.58. The SMILES string of the molecule is NC(=O)c1cc[n+](CC2=C(C(=O)[O-])N3C(=O)[C@@H](NC(=O)Cc4cccs4)C3SC2)cc1. The fourth-order valence-electron chi connectivity index (χ4n) is 3.54. The molecule has 2 aromatic heterocycles. The summed E-state index contributed by atoms with van der Waals surface area (Å²) < 4.78 is 1.69. The van der Waals surface area contributed by atoms with E-state index in [9.17, 15) is 24.3 Å². The fraction of sp³-hybridized carbons (Fsp3) is 0.250. The largest absolute Gasteiger partial charge is 0.543 e. The molecule has 11 heteroatoms. The maximum absolute atomic E-state index is 12.7. The summed E-state index contributed by atoms with van der Waals surface area (Å²) in [5.74, 6) is -2.39. The predicted molar refractivity (Wildman–Crippen MR) is 110 cm³/mol. The van der Waals surface area contributed by atoms with Crippen molar-refractivity contribution in [1.29, 1.82) is 0 Å². The van der Waals surface area contributed by atoms with Crippen molar-refractivity contribution in [2.45, 2.75) is 24.4 Å². The van der Waals surface area contributed by atoms with Gasteiger partial charge in [0, 0.05) is 28.3 Å². The minimum absolute atomic E-state index is 0.163. The molecule has 0 radical (unpaired) electrons. The minimum atomic E-state index is -1.44. The molecule has 2 aliphatic rings. The lowest BCUT2D eigenvalue weighted by Crippen LogP contribution is -2.71. The molecule has 0 spiro atoms. The topological polar surface area (TPSA) is 137 Å². The van der Waals surface area contributed by atoms with Crippen LogP contribution in [-0.2, 0) is 27.3 Å². The van der Waals surface area contributed by atoms with Crippen molar-refractivity contribution < 1.29 is 28.9 Å². The molecular formula is C20H18N4O5S2. The average Bonchev–Trinajstić information content (AvgIpc) is 3.24. The first kappa shape index (κ1) is 21.1. The van der Waals surface area contributed by atoms with Crippen LogP contribution in [0.25, 0.3) is 0 Å². The molecule has 9 nitrogen and oxygen atoms in total. The number of nitrogens with two attached hydrogens (primary N) is 1. The van der Waals surface area contributed by atoms with Gasteiger partial charge in [0.1, 0.15) is 11.4 Å². The van der Waals surface area contributed by atoms with Gasteiger partial charge in [-0.3, -0.25) is 19.3 Å². The number of fused-ring (bicyclic) bond motifs is 1. The highest BCUT2D eigenvalue weighted by molar-refractivity contribution is 8.00. The third-order valence-corrected chi connectivity index (χ3v) is 7.24. The number of nitrogens with zero attached hydrogens (tertiary/aromatic N) is 2. The van der Waals surface area contributed by atoms with Crippen LogP contribution in [0.5, 0.6) is 0 Å². The van der Waals surface area contributed by atoms with Crippen molar-refractivity contribution in [2.24, 2.45) is 5.73 Å².